The van der Waals surface area contributed by atoms with Gasteiger partial charge in [-0.3, -0.25) is 4.79 Å². The Labute approximate surface area is 121 Å². The van der Waals surface area contributed by atoms with Crippen molar-refractivity contribution in [1.82, 2.24) is 0 Å². The van der Waals surface area contributed by atoms with E-state index >= 15 is 0 Å². The summed E-state index contributed by atoms with van der Waals surface area (Å²) < 4.78 is 0. The van der Waals surface area contributed by atoms with Crippen molar-refractivity contribution in [2.24, 2.45) is 5.92 Å². The maximum absolute atomic E-state index is 11.2. The summed E-state index contributed by atoms with van der Waals surface area (Å²) >= 11 is 0. The van der Waals surface area contributed by atoms with E-state index in [2.05, 4.69) is 6.92 Å². The number of aliphatic hydroxyl groups is 1. The molecule has 0 amide bonds. The van der Waals surface area contributed by atoms with Crippen LogP contribution in [0.5, 0.6) is 0 Å². The normalized spacial score (nSPS) is 14.3. The fourth-order valence-electron chi connectivity index (χ4n) is 2.14. The lowest BCUT2D eigenvalue weighted by atomic mass is 9.94. The lowest BCUT2D eigenvalue weighted by molar-refractivity contribution is -0.144. The van der Waals surface area contributed by atoms with Crippen LogP contribution >= 0.6 is 0 Å². The summed E-state index contributed by atoms with van der Waals surface area (Å²) in [4.78, 5) is 11.2. The highest BCUT2D eigenvalue weighted by Gasteiger charge is 2.23. The van der Waals surface area contributed by atoms with Crippen LogP contribution in [-0.4, -0.2) is 22.3 Å². The van der Waals surface area contributed by atoms with Gasteiger partial charge >= 0.3 is 5.97 Å². The van der Waals surface area contributed by atoms with E-state index < -0.39 is 18.0 Å². The van der Waals surface area contributed by atoms with Crippen LogP contribution in [0, 0.1) is 5.92 Å². The van der Waals surface area contributed by atoms with Gasteiger partial charge in [0.1, 0.15) is 0 Å². The first-order valence-electron chi connectivity index (χ1n) is 7.29. The van der Waals surface area contributed by atoms with Crippen LogP contribution in [0.3, 0.4) is 0 Å². The van der Waals surface area contributed by atoms with Gasteiger partial charge in [0.25, 0.3) is 0 Å². The standard InChI is InChI=1S/C17H24O3/c1-2-3-4-8-11-15(17(19)20)16(18)13-12-14-9-6-5-7-10-14/h5-7,9-10,12-13,15-16,18H,2-4,8,11H2,1H3,(H,19,20). The Bertz CT molecular complexity index is 412. The van der Waals surface area contributed by atoms with Gasteiger partial charge in [-0.2, -0.15) is 0 Å². The fourth-order valence-corrected chi connectivity index (χ4v) is 2.14. The van der Waals surface area contributed by atoms with E-state index in [0.29, 0.717) is 6.42 Å². The molecule has 2 N–H and O–H groups in total. The third kappa shape index (κ3) is 6.02. The van der Waals surface area contributed by atoms with Crippen molar-refractivity contribution in [2.45, 2.75) is 45.1 Å². The van der Waals surface area contributed by atoms with E-state index in [0.717, 1.165) is 31.2 Å². The number of rotatable bonds is 9. The minimum absolute atomic E-state index is 0.523. The monoisotopic (exact) mass is 276 g/mol. The lowest BCUT2D eigenvalue weighted by Gasteiger charge is -2.16. The lowest BCUT2D eigenvalue weighted by Crippen LogP contribution is -2.26. The quantitative estimate of drug-likeness (QED) is 0.676. The predicted molar refractivity (Wildman–Crippen MR) is 81.4 cm³/mol. The number of benzene rings is 1. The Hall–Kier alpha value is -1.61. The molecule has 3 nitrogen and oxygen atoms in total. The molecule has 3 heteroatoms. The zero-order valence-electron chi connectivity index (χ0n) is 12.0. The molecule has 0 aliphatic rings. The van der Waals surface area contributed by atoms with Crippen molar-refractivity contribution < 1.29 is 15.0 Å². The maximum Gasteiger partial charge on any atom is 0.309 e. The van der Waals surface area contributed by atoms with Crippen LogP contribution in [-0.2, 0) is 4.79 Å². The fraction of sp³-hybridized carbons (Fsp3) is 0.471. The summed E-state index contributed by atoms with van der Waals surface area (Å²) in [7, 11) is 0. The first-order chi connectivity index (χ1) is 9.65. The molecule has 0 spiro atoms. The van der Waals surface area contributed by atoms with Crippen LogP contribution < -0.4 is 0 Å². The molecule has 0 aliphatic heterocycles. The topological polar surface area (TPSA) is 57.5 Å². The summed E-state index contributed by atoms with van der Waals surface area (Å²) in [6.45, 7) is 2.12. The molecule has 110 valence electrons. The Morgan fingerprint density at radius 1 is 1.20 bits per heavy atom. The second-order valence-corrected chi connectivity index (χ2v) is 5.05. The molecule has 0 radical (unpaired) electrons. The average molecular weight is 276 g/mol. The van der Waals surface area contributed by atoms with Crippen molar-refractivity contribution >= 4 is 12.0 Å². The van der Waals surface area contributed by atoms with Crippen molar-refractivity contribution in [3.05, 3.63) is 42.0 Å². The maximum atomic E-state index is 11.2. The van der Waals surface area contributed by atoms with E-state index in [9.17, 15) is 15.0 Å². The van der Waals surface area contributed by atoms with E-state index in [4.69, 9.17) is 0 Å². The molecule has 0 aliphatic carbocycles. The third-order valence-corrected chi connectivity index (χ3v) is 3.38. The molecule has 0 heterocycles. The van der Waals surface area contributed by atoms with Crippen molar-refractivity contribution in [3.63, 3.8) is 0 Å². The van der Waals surface area contributed by atoms with Crippen LogP contribution in [0.15, 0.2) is 36.4 Å². The van der Waals surface area contributed by atoms with Gasteiger partial charge in [0.05, 0.1) is 12.0 Å². The summed E-state index contributed by atoms with van der Waals surface area (Å²) in [6.07, 6.45) is 7.04. The molecule has 1 rings (SSSR count). The predicted octanol–water partition coefficient (Wildman–Crippen LogP) is 3.73. The minimum Gasteiger partial charge on any atom is -0.481 e. The smallest absolute Gasteiger partial charge is 0.309 e. The van der Waals surface area contributed by atoms with Gasteiger partial charge in [-0.1, -0.05) is 75.1 Å². The summed E-state index contributed by atoms with van der Waals surface area (Å²) in [5.41, 5.74) is 0.960. The molecule has 0 saturated carbocycles. The van der Waals surface area contributed by atoms with Crippen molar-refractivity contribution in [3.8, 4) is 0 Å². The average Bonchev–Trinajstić information content (AvgIpc) is 2.45. The summed E-state index contributed by atoms with van der Waals surface area (Å²) in [6, 6.07) is 9.57. The number of hydrogen-bond donors (Lipinski definition) is 2. The van der Waals surface area contributed by atoms with E-state index in [1.807, 2.05) is 30.3 Å². The number of carboxylic acid groups (broad SMARTS) is 1. The summed E-state index contributed by atoms with van der Waals surface area (Å²) in [5.74, 6) is -1.64. The summed E-state index contributed by atoms with van der Waals surface area (Å²) in [5, 5.41) is 19.2. The first-order valence-corrected chi connectivity index (χ1v) is 7.29. The van der Waals surface area contributed by atoms with Gasteiger partial charge in [-0.25, -0.2) is 0 Å². The van der Waals surface area contributed by atoms with E-state index in [-0.39, 0.29) is 0 Å². The van der Waals surface area contributed by atoms with Crippen LogP contribution in [0.4, 0.5) is 0 Å². The highest BCUT2D eigenvalue weighted by atomic mass is 16.4. The molecule has 1 aromatic carbocycles. The minimum atomic E-state index is -0.936. The zero-order chi connectivity index (χ0) is 14.8. The van der Waals surface area contributed by atoms with Gasteiger partial charge in [-0.15, -0.1) is 0 Å². The largest absolute Gasteiger partial charge is 0.481 e. The van der Waals surface area contributed by atoms with E-state index in [1.54, 1.807) is 12.2 Å². The molecule has 1 aromatic rings. The van der Waals surface area contributed by atoms with Gasteiger partial charge < -0.3 is 10.2 Å². The Morgan fingerprint density at radius 3 is 2.50 bits per heavy atom. The number of aliphatic carboxylic acids is 1. The number of carbonyl (C=O) groups is 1. The Kier molecular flexibility index (Phi) is 7.66. The molecule has 0 bridgehead atoms. The van der Waals surface area contributed by atoms with Crippen LogP contribution in [0.25, 0.3) is 6.08 Å². The van der Waals surface area contributed by atoms with Gasteiger partial charge in [0.2, 0.25) is 0 Å². The molecule has 0 fully saturated rings. The van der Waals surface area contributed by atoms with Crippen LogP contribution in [0.2, 0.25) is 0 Å². The second kappa shape index (κ2) is 9.32. The molecule has 2 unspecified atom stereocenters. The molecular weight excluding hydrogens is 252 g/mol. The van der Waals surface area contributed by atoms with Crippen LogP contribution in [0.1, 0.15) is 44.6 Å². The Balaban J connectivity index is 2.53. The molecule has 0 aromatic heterocycles. The van der Waals surface area contributed by atoms with Gasteiger partial charge in [-0.05, 0) is 12.0 Å². The molecule has 2 atom stereocenters. The molecule has 0 saturated heterocycles. The highest BCUT2D eigenvalue weighted by Crippen LogP contribution is 2.17. The van der Waals surface area contributed by atoms with Gasteiger partial charge in [0, 0.05) is 0 Å². The zero-order valence-corrected chi connectivity index (χ0v) is 12.0. The first kappa shape index (κ1) is 16.4. The van der Waals surface area contributed by atoms with Crippen molar-refractivity contribution in [1.29, 1.82) is 0 Å². The van der Waals surface area contributed by atoms with Gasteiger partial charge in [0.15, 0.2) is 0 Å². The molecule has 20 heavy (non-hydrogen) atoms. The SMILES string of the molecule is CCCCCCC(C(=O)O)C(O)C=Cc1ccccc1. The molecular formula is C17H24O3. The highest BCUT2D eigenvalue weighted by molar-refractivity contribution is 5.71. The number of unbranched alkanes of at least 4 members (excludes halogenated alkanes) is 3. The number of aliphatic hydroxyl groups excluding tert-OH is 1. The van der Waals surface area contributed by atoms with E-state index in [1.165, 1.54) is 0 Å². The third-order valence-electron chi connectivity index (χ3n) is 3.38. The second-order valence-electron chi connectivity index (χ2n) is 5.05. The van der Waals surface area contributed by atoms with Crippen molar-refractivity contribution in [2.75, 3.05) is 0 Å². The Morgan fingerprint density at radius 2 is 1.90 bits per heavy atom. The number of hydrogen-bond acceptors (Lipinski definition) is 2. The number of carboxylic acids is 1.